The quantitative estimate of drug-likeness (QED) is 0.889. The molecular weight excluding hydrogens is 282 g/mol. The Balaban J connectivity index is 2.20. The molecule has 0 atom stereocenters. The minimum Gasteiger partial charge on any atom is -0.497 e. The van der Waals surface area contributed by atoms with Crippen molar-refractivity contribution in [2.24, 2.45) is 0 Å². The van der Waals surface area contributed by atoms with Gasteiger partial charge in [0.1, 0.15) is 17.2 Å². The summed E-state index contributed by atoms with van der Waals surface area (Å²) in [6.45, 7) is 2.48. The van der Waals surface area contributed by atoms with E-state index in [0.717, 1.165) is 0 Å². The normalized spacial score (nSPS) is 9.95. The number of hydrogen-bond donors (Lipinski definition) is 1. The smallest absolute Gasteiger partial charge is 0.259 e. The summed E-state index contributed by atoms with van der Waals surface area (Å²) in [7, 11) is 3.08. The van der Waals surface area contributed by atoms with Crippen molar-refractivity contribution >= 4 is 11.6 Å². The van der Waals surface area contributed by atoms with Crippen molar-refractivity contribution in [3.05, 3.63) is 48.0 Å². The van der Waals surface area contributed by atoms with Crippen molar-refractivity contribution in [1.29, 1.82) is 0 Å². The highest BCUT2D eigenvalue weighted by Gasteiger charge is 2.13. The Morgan fingerprint density at radius 1 is 1.05 bits per heavy atom. The molecule has 0 saturated heterocycles. The molecule has 0 radical (unpaired) electrons. The van der Waals surface area contributed by atoms with Crippen LogP contribution in [0, 0.1) is 0 Å². The van der Waals surface area contributed by atoms with Gasteiger partial charge in [-0.25, -0.2) is 0 Å². The fraction of sp³-hybridized carbons (Fsp3) is 0.235. The van der Waals surface area contributed by atoms with E-state index >= 15 is 0 Å². The summed E-state index contributed by atoms with van der Waals surface area (Å²) in [5.74, 6) is 1.54. The van der Waals surface area contributed by atoms with E-state index in [0.29, 0.717) is 35.1 Å². The van der Waals surface area contributed by atoms with Gasteiger partial charge in [-0.1, -0.05) is 6.07 Å². The summed E-state index contributed by atoms with van der Waals surface area (Å²) in [5, 5.41) is 2.83. The van der Waals surface area contributed by atoms with Crippen LogP contribution in [0.4, 0.5) is 5.69 Å². The molecule has 5 nitrogen and oxygen atoms in total. The van der Waals surface area contributed by atoms with Crippen LogP contribution >= 0.6 is 0 Å². The molecule has 2 rings (SSSR count). The molecule has 0 heterocycles. The van der Waals surface area contributed by atoms with Crippen LogP contribution in [-0.2, 0) is 0 Å². The van der Waals surface area contributed by atoms with Crippen LogP contribution in [0.1, 0.15) is 17.3 Å². The number of hydrogen-bond acceptors (Lipinski definition) is 4. The molecule has 0 aliphatic carbocycles. The number of amides is 1. The van der Waals surface area contributed by atoms with E-state index in [2.05, 4.69) is 5.32 Å². The number of rotatable bonds is 6. The van der Waals surface area contributed by atoms with Gasteiger partial charge in [0.05, 0.1) is 26.4 Å². The number of carbonyl (C=O) groups is 1. The molecule has 0 spiro atoms. The zero-order valence-electron chi connectivity index (χ0n) is 12.9. The predicted octanol–water partition coefficient (Wildman–Crippen LogP) is 3.35. The van der Waals surface area contributed by atoms with Crippen molar-refractivity contribution in [3.8, 4) is 17.2 Å². The van der Waals surface area contributed by atoms with Crippen LogP contribution in [0.5, 0.6) is 17.2 Å². The molecule has 1 amide bonds. The zero-order chi connectivity index (χ0) is 15.9. The molecule has 5 heteroatoms. The van der Waals surface area contributed by atoms with E-state index < -0.39 is 0 Å². The predicted molar refractivity (Wildman–Crippen MR) is 85.1 cm³/mol. The standard InChI is InChI=1S/C17H19NO4/c1-4-22-14-7-5-6-12(10-14)18-17(19)15-9-8-13(20-2)11-16(15)21-3/h5-11H,4H2,1-3H3,(H,18,19). The van der Waals surface area contributed by atoms with Crippen LogP contribution in [-0.4, -0.2) is 26.7 Å². The lowest BCUT2D eigenvalue weighted by molar-refractivity contribution is 0.102. The molecule has 1 N–H and O–H groups in total. The molecule has 22 heavy (non-hydrogen) atoms. The van der Waals surface area contributed by atoms with E-state index in [-0.39, 0.29) is 5.91 Å². The highest BCUT2D eigenvalue weighted by atomic mass is 16.5. The summed E-state index contributed by atoms with van der Waals surface area (Å²) >= 11 is 0. The SMILES string of the molecule is CCOc1cccc(NC(=O)c2ccc(OC)cc2OC)c1. The van der Waals surface area contributed by atoms with E-state index in [1.54, 1.807) is 37.4 Å². The third-order valence-corrected chi connectivity index (χ3v) is 3.06. The van der Waals surface area contributed by atoms with Crippen molar-refractivity contribution in [2.45, 2.75) is 6.92 Å². The Morgan fingerprint density at radius 2 is 1.86 bits per heavy atom. The Labute approximate surface area is 129 Å². The van der Waals surface area contributed by atoms with Gasteiger partial charge in [-0.15, -0.1) is 0 Å². The molecule has 0 unspecified atom stereocenters. The second-order valence-electron chi connectivity index (χ2n) is 4.48. The van der Waals surface area contributed by atoms with Crippen LogP contribution in [0.25, 0.3) is 0 Å². The lowest BCUT2D eigenvalue weighted by atomic mass is 10.1. The van der Waals surface area contributed by atoms with Gasteiger partial charge >= 0.3 is 0 Å². The van der Waals surface area contributed by atoms with E-state index in [9.17, 15) is 4.79 Å². The summed E-state index contributed by atoms with van der Waals surface area (Å²) in [6, 6.07) is 12.3. The second-order valence-corrected chi connectivity index (χ2v) is 4.48. The van der Waals surface area contributed by atoms with E-state index in [1.807, 2.05) is 19.1 Å². The first-order valence-corrected chi connectivity index (χ1v) is 6.94. The third-order valence-electron chi connectivity index (χ3n) is 3.06. The van der Waals surface area contributed by atoms with E-state index in [1.165, 1.54) is 7.11 Å². The minimum absolute atomic E-state index is 0.256. The maximum absolute atomic E-state index is 12.4. The second kappa shape index (κ2) is 7.36. The number of anilines is 1. The molecule has 2 aromatic carbocycles. The van der Waals surface area contributed by atoms with Crippen molar-refractivity contribution in [3.63, 3.8) is 0 Å². The monoisotopic (exact) mass is 301 g/mol. The minimum atomic E-state index is -0.256. The lowest BCUT2D eigenvalue weighted by Crippen LogP contribution is -2.13. The summed E-state index contributed by atoms with van der Waals surface area (Å²) in [5.41, 5.74) is 1.10. The van der Waals surface area contributed by atoms with Crippen LogP contribution < -0.4 is 19.5 Å². The molecule has 2 aromatic rings. The molecule has 0 bridgehead atoms. The topological polar surface area (TPSA) is 56.8 Å². The molecule has 0 aliphatic heterocycles. The molecule has 0 fully saturated rings. The van der Waals surface area contributed by atoms with Crippen molar-refractivity contribution in [2.75, 3.05) is 26.1 Å². The summed E-state index contributed by atoms with van der Waals surface area (Å²) in [6.07, 6.45) is 0. The Kier molecular flexibility index (Phi) is 5.25. The summed E-state index contributed by atoms with van der Waals surface area (Å²) in [4.78, 5) is 12.4. The van der Waals surface area contributed by atoms with Gasteiger partial charge in [-0.2, -0.15) is 0 Å². The Morgan fingerprint density at radius 3 is 2.55 bits per heavy atom. The van der Waals surface area contributed by atoms with Gasteiger partial charge in [0.15, 0.2) is 0 Å². The largest absolute Gasteiger partial charge is 0.497 e. The number of benzene rings is 2. The number of carbonyl (C=O) groups excluding carboxylic acids is 1. The van der Waals surface area contributed by atoms with E-state index in [4.69, 9.17) is 14.2 Å². The molecule has 0 aromatic heterocycles. The maximum Gasteiger partial charge on any atom is 0.259 e. The first-order valence-electron chi connectivity index (χ1n) is 6.94. The number of methoxy groups -OCH3 is 2. The first kappa shape index (κ1) is 15.7. The summed E-state index contributed by atoms with van der Waals surface area (Å²) < 4.78 is 15.8. The lowest BCUT2D eigenvalue weighted by Gasteiger charge is -2.11. The van der Waals surface area contributed by atoms with Crippen LogP contribution in [0.15, 0.2) is 42.5 Å². The van der Waals surface area contributed by atoms with Crippen LogP contribution in [0.2, 0.25) is 0 Å². The molecular formula is C17H19NO4. The van der Waals surface area contributed by atoms with Crippen molar-refractivity contribution < 1.29 is 19.0 Å². The highest BCUT2D eigenvalue weighted by molar-refractivity contribution is 6.06. The third kappa shape index (κ3) is 3.69. The number of ether oxygens (including phenoxy) is 3. The van der Waals surface area contributed by atoms with Gasteiger partial charge in [0, 0.05) is 17.8 Å². The fourth-order valence-electron chi connectivity index (χ4n) is 2.01. The maximum atomic E-state index is 12.4. The van der Waals surface area contributed by atoms with Crippen LogP contribution in [0.3, 0.4) is 0 Å². The van der Waals surface area contributed by atoms with Gasteiger partial charge in [-0.3, -0.25) is 4.79 Å². The highest BCUT2D eigenvalue weighted by Crippen LogP contribution is 2.26. The Hall–Kier alpha value is -2.69. The van der Waals surface area contributed by atoms with Gasteiger partial charge in [-0.05, 0) is 31.2 Å². The van der Waals surface area contributed by atoms with Gasteiger partial charge in [0.25, 0.3) is 5.91 Å². The molecule has 0 saturated carbocycles. The molecule has 116 valence electrons. The average Bonchev–Trinajstić information content (AvgIpc) is 2.54. The van der Waals surface area contributed by atoms with Gasteiger partial charge < -0.3 is 19.5 Å². The Bertz CT molecular complexity index is 655. The van der Waals surface area contributed by atoms with Gasteiger partial charge in [0.2, 0.25) is 0 Å². The van der Waals surface area contributed by atoms with Crippen molar-refractivity contribution in [1.82, 2.24) is 0 Å². The average molecular weight is 301 g/mol. The molecule has 0 aliphatic rings. The number of nitrogens with one attached hydrogen (secondary N) is 1. The zero-order valence-corrected chi connectivity index (χ0v) is 12.9. The first-order chi connectivity index (χ1) is 10.7. The fourth-order valence-corrected chi connectivity index (χ4v) is 2.01.